The highest BCUT2D eigenvalue weighted by atomic mass is 16.7. The minimum atomic E-state index is -1.04. The smallest absolute Gasteiger partial charge is 0.162 e. The minimum Gasteiger partial charge on any atom is -0.394 e. The molecule has 1 rings (SSSR count). The Morgan fingerprint density at radius 3 is 2.20 bits per heavy atom. The van der Waals surface area contributed by atoms with Crippen molar-refractivity contribution in [2.75, 3.05) is 20.8 Å². The van der Waals surface area contributed by atoms with Gasteiger partial charge in [-0.25, -0.2) is 0 Å². The Morgan fingerprint density at radius 1 is 1.20 bits per heavy atom. The molecule has 7 heteroatoms. The monoisotopic (exact) mass is 292 g/mol. The fourth-order valence-electron chi connectivity index (χ4n) is 3.11. The van der Waals surface area contributed by atoms with E-state index in [0.717, 1.165) is 0 Å². The Balaban J connectivity index is 2.93. The summed E-state index contributed by atoms with van der Waals surface area (Å²) in [6.07, 6.45) is -2.75. The van der Waals surface area contributed by atoms with E-state index in [4.69, 9.17) is 14.6 Å². The predicted octanol–water partition coefficient (Wildman–Crippen LogP) is -1.48. The Kier molecular flexibility index (Phi) is 7.01. The van der Waals surface area contributed by atoms with Gasteiger partial charge in [0.25, 0.3) is 0 Å². The summed E-state index contributed by atoms with van der Waals surface area (Å²) in [5.41, 5.74) is 0. The normalized spacial score (nSPS) is 33.4. The number of aldehydes is 1. The summed E-state index contributed by atoms with van der Waals surface area (Å²) in [6, 6.07) is 0. The molecule has 0 aromatic rings. The number of carbonyl (C=O) groups excluding carboxylic acids is 1. The molecule has 20 heavy (non-hydrogen) atoms. The molecule has 0 saturated heterocycles. The lowest BCUT2D eigenvalue weighted by Gasteiger charge is -2.32. The lowest BCUT2D eigenvalue weighted by atomic mass is 9.79. The maximum atomic E-state index is 11.3. The lowest BCUT2D eigenvalue weighted by Crippen LogP contribution is -2.41. The number of ether oxygens (including phenoxy) is 2. The molecular formula is C13H24O7. The third kappa shape index (κ3) is 3.75. The zero-order chi connectivity index (χ0) is 15.3. The van der Waals surface area contributed by atoms with Gasteiger partial charge in [0, 0.05) is 38.4 Å². The summed E-state index contributed by atoms with van der Waals surface area (Å²) in [5, 5.41) is 38.5. The second-order valence-electron chi connectivity index (χ2n) is 5.24. The molecule has 1 unspecified atom stereocenters. The maximum absolute atomic E-state index is 11.3. The Labute approximate surface area is 118 Å². The quantitative estimate of drug-likeness (QED) is 0.318. The van der Waals surface area contributed by atoms with Crippen LogP contribution in [0.25, 0.3) is 0 Å². The summed E-state index contributed by atoms with van der Waals surface area (Å²) in [7, 11) is 2.84. The van der Waals surface area contributed by atoms with E-state index >= 15 is 0 Å². The first-order valence-electron chi connectivity index (χ1n) is 6.66. The number of carbonyl (C=O) groups is 1. The average molecular weight is 292 g/mol. The number of hydrogen-bond acceptors (Lipinski definition) is 7. The summed E-state index contributed by atoms with van der Waals surface area (Å²) in [5.74, 6) is -1.85. The van der Waals surface area contributed by atoms with Crippen molar-refractivity contribution < 1.29 is 34.7 Å². The number of aliphatic hydroxyl groups is 4. The Bertz CT molecular complexity index is 294. The number of aliphatic hydroxyl groups excluding tert-OH is 4. The number of methoxy groups -OCH3 is 2. The van der Waals surface area contributed by atoms with Crippen molar-refractivity contribution in [1.29, 1.82) is 0 Å². The van der Waals surface area contributed by atoms with Gasteiger partial charge in [0.1, 0.15) is 6.29 Å². The summed E-state index contributed by atoms with van der Waals surface area (Å²) in [4.78, 5) is 11.3. The molecule has 4 N–H and O–H groups in total. The zero-order valence-corrected chi connectivity index (χ0v) is 11.8. The Morgan fingerprint density at radius 2 is 1.75 bits per heavy atom. The second kappa shape index (κ2) is 8.02. The van der Waals surface area contributed by atoms with Crippen molar-refractivity contribution in [2.45, 2.75) is 37.4 Å². The molecule has 6 atom stereocenters. The van der Waals surface area contributed by atoms with Crippen LogP contribution in [-0.2, 0) is 14.3 Å². The SMILES string of the molecule is COC(OC)[C@H]1[C@H]([C@@H](C=O)CC(O)CO)[C@H](O)C[C@@H]1O. The maximum Gasteiger partial charge on any atom is 0.162 e. The molecule has 7 nitrogen and oxygen atoms in total. The van der Waals surface area contributed by atoms with E-state index in [2.05, 4.69) is 0 Å². The van der Waals surface area contributed by atoms with E-state index in [-0.39, 0.29) is 12.8 Å². The fourth-order valence-corrected chi connectivity index (χ4v) is 3.11. The molecule has 0 aromatic heterocycles. The zero-order valence-electron chi connectivity index (χ0n) is 11.8. The van der Waals surface area contributed by atoms with Crippen LogP contribution in [0.4, 0.5) is 0 Å². The van der Waals surface area contributed by atoms with E-state index in [9.17, 15) is 20.1 Å². The first-order chi connectivity index (χ1) is 9.49. The molecule has 118 valence electrons. The highest BCUT2D eigenvalue weighted by Crippen LogP contribution is 2.41. The first kappa shape index (κ1) is 17.5. The van der Waals surface area contributed by atoms with Gasteiger partial charge in [0.05, 0.1) is 24.9 Å². The molecule has 0 bridgehead atoms. The summed E-state index contributed by atoms with van der Waals surface area (Å²) in [6.45, 7) is -0.460. The molecular weight excluding hydrogens is 268 g/mol. The van der Waals surface area contributed by atoms with E-state index < -0.39 is 49.0 Å². The summed E-state index contributed by atoms with van der Waals surface area (Å²) >= 11 is 0. The molecule has 1 fully saturated rings. The lowest BCUT2D eigenvalue weighted by molar-refractivity contribution is -0.172. The standard InChI is InChI=1S/C13H24O7/c1-19-13(20-2)12-10(18)4-9(17)11(12)7(5-14)3-8(16)6-15/h5,7-13,15-18H,3-4,6H2,1-2H3/t7-,8?,9-,10+,11-,12-/m1/s1. The van der Waals surface area contributed by atoms with Crippen molar-refractivity contribution in [3.05, 3.63) is 0 Å². The largest absolute Gasteiger partial charge is 0.394 e. The van der Waals surface area contributed by atoms with Gasteiger partial charge in [-0.3, -0.25) is 0 Å². The van der Waals surface area contributed by atoms with Crippen LogP contribution in [0.1, 0.15) is 12.8 Å². The van der Waals surface area contributed by atoms with Crippen molar-refractivity contribution in [1.82, 2.24) is 0 Å². The van der Waals surface area contributed by atoms with Crippen LogP contribution in [0.15, 0.2) is 0 Å². The molecule has 0 aliphatic heterocycles. The van der Waals surface area contributed by atoms with E-state index in [1.807, 2.05) is 0 Å². The van der Waals surface area contributed by atoms with E-state index in [0.29, 0.717) is 6.29 Å². The predicted molar refractivity (Wildman–Crippen MR) is 68.7 cm³/mol. The number of hydrogen-bond donors (Lipinski definition) is 4. The van der Waals surface area contributed by atoms with Crippen molar-refractivity contribution >= 4 is 6.29 Å². The minimum absolute atomic E-state index is 0.0189. The van der Waals surface area contributed by atoms with Crippen molar-refractivity contribution in [2.24, 2.45) is 17.8 Å². The van der Waals surface area contributed by atoms with Crippen LogP contribution < -0.4 is 0 Å². The fraction of sp³-hybridized carbons (Fsp3) is 0.923. The van der Waals surface area contributed by atoms with Crippen LogP contribution in [-0.4, -0.2) is 72.1 Å². The van der Waals surface area contributed by atoms with Crippen LogP contribution in [0.5, 0.6) is 0 Å². The number of rotatable bonds is 8. The molecule has 0 amide bonds. The van der Waals surface area contributed by atoms with Gasteiger partial charge in [0.15, 0.2) is 6.29 Å². The van der Waals surface area contributed by atoms with Crippen LogP contribution in [0.2, 0.25) is 0 Å². The molecule has 1 saturated carbocycles. The highest BCUT2D eigenvalue weighted by molar-refractivity contribution is 5.54. The Hall–Kier alpha value is -0.570. The molecule has 0 radical (unpaired) electrons. The van der Waals surface area contributed by atoms with Crippen LogP contribution in [0, 0.1) is 17.8 Å². The topological polar surface area (TPSA) is 116 Å². The third-order valence-corrected chi connectivity index (χ3v) is 4.02. The van der Waals surface area contributed by atoms with Gasteiger partial charge >= 0.3 is 0 Å². The van der Waals surface area contributed by atoms with Crippen molar-refractivity contribution in [3.8, 4) is 0 Å². The molecule has 0 spiro atoms. The van der Waals surface area contributed by atoms with Gasteiger partial charge in [0.2, 0.25) is 0 Å². The van der Waals surface area contributed by atoms with E-state index in [1.165, 1.54) is 14.2 Å². The third-order valence-electron chi connectivity index (χ3n) is 4.02. The first-order valence-corrected chi connectivity index (χ1v) is 6.66. The van der Waals surface area contributed by atoms with Gasteiger partial charge in [-0.1, -0.05) is 0 Å². The van der Waals surface area contributed by atoms with E-state index in [1.54, 1.807) is 0 Å². The molecule has 1 aliphatic carbocycles. The van der Waals surface area contributed by atoms with Gasteiger partial charge in [-0.2, -0.15) is 0 Å². The highest BCUT2D eigenvalue weighted by Gasteiger charge is 2.49. The van der Waals surface area contributed by atoms with Crippen LogP contribution in [0.3, 0.4) is 0 Å². The second-order valence-corrected chi connectivity index (χ2v) is 5.24. The van der Waals surface area contributed by atoms with Gasteiger partial charge < -0.3 is 34.7 Å². The van der Waals surface area contributed by atoms with Gasteiger partial charge in [-0.05, 0) is 6.42 Å². The molecule has 0 aromatic carbocycles. The van der Waals surface area contributed by atoms with Gasteiger partial charge in [-0.15, -0.1) is 0 Å². The summed E-state index contributed by atoms with van der Waals surface area (Å²) < 4.78 is 10.3. The van der Waals surface area contributed by atoms with Crippen LogP contribution >= 0.6 is 0 Å². The van der Waals surface area contributed by atoms with Crippen molar-refractivity contribution in [3.63, 3.8) is 0 Å². The average Bonchev–Trinajstić information content (AvgIpc) is 2.72. The molecule has 0 heterocycles. The molecule has 1 aliphatic rings.